The Hall–Kier alpha value is -2.62. The molecule has 0 aliphatic carbocycles. The topological polar surface area (TPSA) is 87.7 Å². The molecule has 3 aromatic rings. The van der Waals surface area contributed by atoms with E-state index in [9.17, 15) is 13.2 Å². The second-order valence-electron chi connectivity index (χ2n) is 10.4. The van der Waals surface area contributed by atoms with Crippen molar-refractivity contribution in [3.05, 3.63) is 94.0 Å². The molecule has 0 aromatic heterocycles. The van der Waals surface area contributed by atoms with Gasteiger partial charge in [0.25, 0.3) is 0 Å². The lowest BCUT2D eigenvalue weighted by atomic mass is 9.97. The van der Waals surface area contributed by atoms with Crippen LogP contribution in [0.1, 0.15) is 24.0 Å². The summed E-state index contributed by atoms with van der Waals surface area (Å²) in [6, 6.07) is 21.6. The molecule has 40 heavy (non-hydrogen) atoms. The number of anilines is 1. The van der Waals surface area contributed by atoms with Gasteiger partial charge in [-0.2, -0.15) is 0 Å². The Morgan fingerprint density at radius 2 is 1.82 bits per heavy atom. The zero-order valence-electron chi connectivity index (χ0n) is 22.1. The maximum Gasteiger partial charge on any atom is 0.246 e. The summed E-state index contributed by atoms with van der Waals surface area (Å²) in [5.74, 6) is -0.0202. The first-order chi connectivity index (χ1) is 19.3. The number of likely N-dealkylation sites (tertiary alicyclic amines) is 1. The summed E-state index contributed by atoms with van der Waals surface area (Å²) in [6.07, 6.45) is 2.55. The molecular formula is C30H33Cl2N3O4S. The zero-order valence-corrected chi connectivity index (χ0v) is 24.4. The molecule has 2 heterocycles. The van der Waals surface area contributed by atoms with Crippen LogP contribution in [0.15, 0.2) is 77.7 Å². The van der Waals surface area contributed by atoms with Gasteiger partial charge in [0.1, 0.15) is 6.61 Å². The second kappa shape index (κ2) is 12.9. The van der Waals surface area contributed by atoms with Gasteiger partial charge in [0.2, 0.25) is 15.7 Å². The van der Waals surface area contributed by atoms with Gasteiger partial charge >= 0.3 is 0 Å². The van der Waals surface area contributed by atoms with Crippen LogP contribution >= 0.6 is 23.2 Å². The third-order valence-corrected chi connectivity index (χ3v) is 10.2. The van der Waals surface area contributed by atoms with E-state index in [0.29, 0.717) is 18.9 Å². The number of piperidine rings is 1. The van der Waals surface area contributed by atoms with E-state index in [1.807, 2.05) is 42.5 Å². The summed E-state index contributed by atoms with van der Waals surface area (Å²) in [7, 11) is -4.02. The molecule has 212 valence electrons. The molecule has 2 aliphatic heterocycles. The average molecular weight is 603 g/mol. The molecular weight excluding hydrogens is 569 g/mol. The van der Waals surface area contributed by atoms with E-state index >= 15 is 0 Å². The van der Waals surface area contributed by atoms with Crippen molar-refractivity contribution in [1.29, 1.82) is 0 Å². The Balaban J connectivity index is 1.21. The molecule has 1 fully saturated rings. The third kappa shape index (κ3) is 6.98. The Kier molecular flexibility index (Phi) is 9.33. The maximum absolute atomic E-state index is 13.7. The fourth-order valence-corrected chi connectivity index (χ4v) is 7.49. The van der Waals surface area contributed by atoms with Crippen molar-refractivity contribution < 1.29 is 17.9 Å². The lowest BCUT2D eigenvalue weighted by Gasteiger charge is -2.33. The number of carbonyl (C=O) groups excluding carboxylic acids is 1. The van der Waals surface area contributed by atoms with Gasteiger partial charge in [0, 0.05) is 25.3 Å². The molecule has 0 spiro atoms. The number of hydrogen-bond donors (Lipinski definition) is 2. The highest BCUT2D eigenvalue weighted by molar-refractivity contribution is 7.92. The van der Waals surface area contributed by atoms with E-state index in [0.717, 1.165) is 43.7 Å². The van der Waals surface area contributed by atoms with Gasteiger partial charge in [0.05, 0.1) is 21.0 Å². The lowest BCUT2D eigenvalue weighted by Crippen LogP contribution is -2.44. The van der Waals surface area contributed by atoms with Crippen LogP contribution in [-0.2, 0) is 32.3 Å². The Labute approximate surface area is 245 Å². The minimum absolute atomic E-state index is 0.00854. The van der Waals surface area contributed by atoms with Gasteiger partial charge in [-0.3, -0.25) is 9.69 Å². The van der Waals surface area contributed by atoms with Gasteiger partial charge in [-0.05, 0) is 67.1 Å². The van der Waals surface area contributed by atoms with Crippen molar-refractivity contribution in [1.82, 2.24) is 10.2 Å². The van der Waals surface area contributed by atoms with Gasteiger partial charge in [-0.15, -0.1) is 0 Å². The monoisotopic (exact) mass is 601 g/mol. The number of carbonyl (C=O) groups is 1. The number of halogens is 2. The number of nitrogens with zero attached hydrogens (tertiary/aromatic N) is 1. The molecule has 3 unspecified atom stereocenters. The molecule has 0 saturated carbocycles. The minimum atomic E-state index is -4.02. The number of ether oxygens (including phenoxy) is 1. The highest BCUT2D eigenvalue weighted by Gasteiger charge is 2.39. The lowest BCUT2D eigenvalue weighted by molar-refractivity contribution is -0.126. The van der Waals surface area contributed by atoms with E-state index in [1.54, 1.807) is 0 Å². The second-order valence-corrected chi connectivity index (χ2v) is 13.3. The highest BCUT2D eigenvalue weighted by atomic mass is 35.5. The first kappa shape index (κ1) is 28.9. The van der Waals surface area contributed by atoms with Crippen LogP contribution in [0.25, 0.3) is 0 Å². The van der Waals surface area contributed by atoms with Crippen molar-refractivity contribution in [3.8, 4) is 0 Å². The fourth-order valence-electron chi connectivity index (χ4n) is 5.47. The van der Waals surface area contributed by atoms with E-state index in [-0.39, 0.29) is 27.5 Å². The van der Waals surface area contributed by atoms with Crippen LogP contribution in [0.5, 0.6) is 0 Å². The smallest absolute Gasteiger partial charge is 0.246 e. The highest BCUT2D eigenvalue weighted by Crippen LogP contribution is 2.33. The maximum atomic E-state index is 13.7. The van der Waals surface area contributed by atoms with Crippen LogP contribution in [0.4, 0.5) is 5.69 Å². The predicted octanol–water partition coefficient (Wildman–Crippen LogP) is 5.18. The molecule has 0 radical (unpaired) electrons. The van der Waals surface area contributed by atoms with Gasteiger partial charge in [-0.25, -0.2) is 8.42 Å². The molecule has 1 amide bonds. The molecule has 7 nitrogen and oxygen atoms in total. The molecule has 1 saturated heterocycles. The number of sulfone groups is 1. The average Bonchev–Trinajstić information content (AvgIpc) is 3.38. The van der Waals surface area contributed by atoms with Crippen molar-refractivity contribution in [3.63, 3.8) is 0 Å². The van der Waals surface area contributed by atoms with Crippen LogP contribution in [-0.4, -0.2) is 56.9 Å². The Morgan fingerprint density at radius 1 is 1.05 bits per heavy atom. The summed E-state index contributed by atoms with van der Waals surface area (Å²) in [4.78, 5) is 15.3. The van der Waals surface area contributed by atoms with E-state index in [2.05, 4.69) is 27.7 Å². The van der Waals surface area contributed by atoms with Gasteiger partial charge < -0.3 is 15.4 Å². The Bertz CT molecular complexity index is 1410. The molecule has 5 rings (SSSR count). The number of amides is 1. The molecule has 0 bridgehead atoms. The fraction of sp³-hybridized carbons (Fsp3) is 0.367. The van der Waals surface area contributed by atoms with E-state index < -0.39 is 21.3 Å². The van der Waals surface area contributed by atoms with Crippen LogP contribution < -0.4 is 10.6 Å². The predicted molar refractivity (Wildman–Crippen MR) is 158 cm³/mol. The van der Waals surface area contributed by atoms with Crippen molar-refractivity contribution >= 4 is 44.6 Å². The first-order valence-corrected chi connectivity index (χ1v) is 15.8. The van der Waals surface area contributed by atoms with E-state index in [4.69, 9.17) is 27.9 Å². The summed E-state index contributed by atoms with van der Waals surface area (Å²) < 4.78 is 33.4. The molecule has 10 heteroatoms. The minimum Gasteiger partial charge on any atom is -0.378 e. The zero-order chi connectivity index (χ0) is 28.1. The standard InChI is InChI=1S/C30H33Cl2N3O4S/c31-25-13-12-24(16-26(25)32)40(37,38)30(28-15-23-10-4-5-11-27(23)34-28)39-20-29(36)33-17-22-9-6-14-35(19-22)18-21-7-2-1-3-8-21/h1-5,7-8,10-13,16,22,28,30,34H,6,9,14-15,17-20H2,(H,33,36). The molecule has 3 aromatic carbocycles. The SMILES string of the molecule is O=C(COC(C1Cc2ccccc2N1)S(=O)(=O)c1ccc(Cl)c(Cl)c1)NCC1CCCN(Cc2ccccc2)C1. The number of rotatable bonds is 10. The summed E-state index contributed by atoms with van der Waals surface area (Å²) in [5.41, 5.74) is 1.82. The normalized spacial score (nSPS) is 19.9. The Morgan fingerprint density at radius 3 is 2.60 bits per heavy atom. The van der Waals surface area contributed by atoms with Crippen LogP contribution in [0.3, 0.4) is 0 Å². The number of nitrogens with one attached hydrogen (secondary N) is 2. The number of fused-ring (bicyclic) bond motifs is 1. The number of para-hydroxylation sites is 1. The summed E-state index contributed by atoms with van der Waals surface area (Å²) >= 11 is 12.2. The van der Waals surface area contributed by atoms with Crippen LogP contribution in [0.2, 0.25) is 10.0 Å². The van der Waals surface area contributed by atoms with Crippen molar-refractivity contribution in [2.45, 2.75) is 42.2 Å². The summed E-state index contributed by atoms with van der Waals surface area (Å²) in [6.45, 7) is 2.96. The van der Waals surface area contributed by atoms with Gasteiger partial charge in [-0.1, -0.05) is 71.7 Å². The quantitative estimate of drug-likeness (QED) is 0.333. The largest absolute Gasteiger partial charge is 0.378 e. The molecule has 3 atom stereocenters. The number of hydrogen-bond acceptors (Lipinski definition) is 6. The molecule has 2 aliphatic rings. The number of benzene rings is 3. The third-order valence-electron chi connectivity index (χ3n) is 7.47. The van der Waals surface area contributed by atoms with Crippen molar-refractivity contribution in [2.24, 2.45) is 5.92 Å². The molecule has 2 N–H and O–H groups in total. The van der Waals surface area contributed by atoms with E-state index in [1.165, 1.54) is 23.8 Å². The van der Waals surface area contributed by atoms with Crippen molar-refractivity contribution in [2.75, 3.05) is 31.6 Å². The van der Waals surface area contributed by atoms with Crippen LogP contribution in [0, 0.1) is 5.92 Å². The first-order valence-electron chi connectivity index (χ1n) is 13.5. The van der Waals surface area contributed by atoms with Gasteiger partial charge in [0.15, 0.2) is 5.44 Å². The summed E-state index contributed by atoms with van der Waals surface area (Å²) in [5, 5.41) is 6.62.